The highest BCUT2D eigenvalue weighted by Gasteiger charge is 2.27. The number of H-pyrrole nitrogens is 1. The Morgan fingerprint density at radius 2 is 1.82 bits per heavy atom. The number of nitrogens with zero attached hydrogens (tertiary/aromatic N) is 3. The lowest BCUT2D eigenvalue weighted by Gasteiger charge is -2.21. The van der Waals surface area contributed by atoms with E-state index in [1.165, 1.54) is 0 Å². The maximum Gasteiger partial charge on any atom is 0.244 e. The Labute approximate surface area is 205 Å². The van der Waals surface area contributed by atoms with Crippen molar-refractivity contribution in [2.75, 3.05) is 18.4 Å². The van der Waals surface area contributed by atoms with Gasteiger partial charge < -0.3 is 5.32 Å². The van der Waals surface area contributed by atoms with Gasteiger partial charge in [-0.3, -0.25) is 14.5 Å². The SMILES string of the molecule is Cc1cccc(-c2n[nH]c(=S)n2CC(=O)Nc2ccc(C)c(S(=O)(=O)N3CCCCCC3)c2)c1. The van der Waals surface area contributed by atoms with E-state index in [9.17, 15) is 13.2 Å². The first-order chi connectivity index (χ1) is 16.3. The Kier molecular flexibility index (Phi) is 7.30. The van der Waals surface area contributed by atoms with Crippen LogP contribution in [0.3, 0.4) is 0 Å². The molecule has 34 heavy (non-hydrogen) atoms. The van der Waals surface area contributed by atoms with Crippen molar-refractivity contribution in [2.45, 2.75) is 51.0 Å². The van der Waals surface area contributed by atoms with Crippen LogP contribution in [-0.2, 0) is 21.4 Å². The third-order valence-corrected chi connectivity index (χ3v) is 8.34. The maximum absolute atomic E-state index is 13.3. The molecule has 1 aliphatic rings. The predicted octanol–water partition coefficient (Wildman–Crippen LogP) is 4.43. The molecule has 0 spiro atoms. The minimum absolute atomic E-state index is 0.0549. The van der Waals surface area contributed by atoms with Crippen LogP contribution in [0, 0.1) is 18.6 Å². The fraction of sp³-hybridized carbons (Fsp3) is 0.375. The summed E-state index contributed by atoms with van der Waals surface area (Å²) in [5, 5.41) is 9.86. The summed E-state index contributed by atoms with van der Waals surface area (Å²) in [6.45, 7) is 4.75. The lowest BCUT2D eigenvalue weighted by atomic mass is 10.1. The molecular weight excluding hydrogens is 470 g/mol. The molecule has 4 rings (SSSR count). The third-order valence-electron chi connectivity index (χ3n) is 5.99. The van der Waals surface area contributed by atoms with E-state index in [-0.39, 0.29) is 17.3 Å². The number of aromatic amines is 1. The predicted molar refractivity (Wildman–Crippen MR) is 135 cm³/mol. The topological polar surface area (TPSA) is 100 Å². The molecule has 0 aliphatic carbocycles. The van der Waals surface area contributed by atoms with Gasteiger partial charge in [-0.05, 0) is 62.7 Å². The highest BCUT2D eigenvalue weighted by atomic mass is 32.2. The molecule has 0 saturated carbocycles. The number of hydrogen-bond acceptors (Lipinski definition) is 5. The molecule has 1 aliphatic heterocycles. The molecule has 1 aromatic heterocycles. The van der Waals surface area contributed by atoms with Crippen LogP contribution in [0.4, 0.5) is 5.69 Å². The molecule has 1 fully saturated rings. The quantitative estimate of drug-likeness (QED) is 0.489. The third kappa shape index (κ3) is 5.29. The van der Waals surface area contributed by atoms with Crippen LogP contribution >= 0.6 is 12.2 Å². The first kappa shape index (κ1) is 24.3. The summed E-state index contributed by atoms with van der Waals surface area (Å²) in [5.74, 6) is 0.241. The van der Waals surface area contributed by atoms with E-state index in [0.29, 0.717) is 34.9 Å². The van der Waals surface area contributed by atoms with Crippen molar-refractivity contribution in [3.8, 4) is 11.4 Å². The molecule has 0 radical (unpaired) electrons. The van der Waals surface area contributed by atoms with Crippen LogP contribution in [0.15, 0.2) is 47.4 Å². The van der Waals surface area contributed by atoms with Gasteiger partial charge in [0.1, 0.15) is 6.54 Å². The molecule has 2 N–H and O–H groups in total. The van der Waals surface area contributed by atoms with Gasteiger partial charge in [0.05, 0.1) is 4.90 Å². The first-order valence-electron chi connectivity index (χ1n) is 11.4. The lowest BCUT2D eigenvalue weighted by molar-refractivity contribution is -0.116. The fourth-order valence-corrected chi connectivity index (χ4v) is 6.15. The number of rotatable bonds is 6. The van der Waals surface area contributed by atoms with Gasteiger partial charge in [0.25, 0.3) is 0 Å². The number of hydrogen-bond donors (Lipinski definition) is 2. The van der Waals surface area contributed by atoms with Crippen molar-refractivity contribution >= 4 is 33.8 Å². The summed E-state index contributed by atoms with van der Waals surface area (Å²) in [7, 11) is -3.63. The standard InChI is InChI=1S/C24H29N5O3S2/c1-17-8-7-9-19(14-17)23-26-27-24(33)29(23)16-22(30)25-20-11-10-18(2)21(15-20)34(31,32)28-12-5-3-4-6-13-28/h7-11,14-15H,3-6,12-13,16H2,1-2H3,(H,25,30)(H,27,33). The molecule has 180 valence electrons. The number of aromatic nitrogens is 3. The van der Waals surface area contributed by atoms with E-state index in [0.717, 1.165) is 36.8 Å². The Bertz CT molecular complexity index is 1350. The number of anilines is 1. The average Bonchev–Trinajstić information content (AvgIpc) is 2.99. The Morgan fingerprint density at radius 1 is 1.09 bits per heavy atom. The molecule has 1 saturated heterocycles. The molecule has 0 bridgehead atoms. The van der Waals surface area contributed by atoms with Gasteiger partial charge in [0.15, 0.2) is 10.6 Å². The van der Waals surface area contributed by atoms with Crippen molar-refractivity contribution < 1.29 is 13.2 Å². The van der Waals surface area contributed by atoms with E-state index in [1.54, 1.807) is 34.0 Å². The van der Waals surface area contributed by atoms with Gasteiger partial charge >= 0.3 is 0 Å². The van der Waals surface area contributed by atoms with Crippen LogP contribution in [0.25, 0.3) is 11.4 Å². The number of nitrogens with one attached hydrogen (secondary N) is 2. The number of sulfonamides is 1. The number of aryl methyl sites for hydroxylation is 2. The van der Waals surface area contributed by atoms with E-state index >= 15 is 0 Å². The van der Waals surface area contributed by atoms with Crippen molar-refractivity contribution in [1.29, 1.82) is 0 Å². The Hall–Kier alpha value is -2.82. The van der Waals surface area contributed by atoms with Gasteiger partial charge in [-0.25, -0.2) is 8.42 Å². The zero-order valence-electron chi connectivity index (χ0n) is 19.4. The number of carbonyl (C=O) groups is 1. The van der Waals surface area contributed by atoms with E-state index in [2.05, 4.69) is 15.5 Å². The summed E-state index contributed by atoms with van der Waals surface area (Å²) in [5.41, 5.74) is 3.00. The number of amides is 1. The Morgan fingerprint density at radius 3 is 2.53 bits per heavy atom. The Balaban J connectivity index is 1.55. The second-order valence-corrected chi connectivity index (χ2v) is 10.9. The summed E-state index contributed by atoms with van der Waals surface area (Å²) in [6.07, 6.45) is 3.82. The van der Waals surface area contributed by atoms with Gasteiger partial charge in [-0.2, -0.15) is 9.40 Å². The van der Waals surface area contributed by atoms with Crippen LogP contribution in [-0.4, -0.2) is 46.5 Å². The zero-order valence-corrected chi connectivity index (χ0v) is 21.0. The van der Waals surface area contributed by atoms with Gasteiger partial charge in [-0.1, -0.05) is 42.7 Å². The second kappa shape index (κ2) is 10.2. The minimum Gasteiger partial charge on any atom is -0.324 e. The molecule has 1 amide bonds. The summed E-state index contributed by atoms with van der Waals surface area (Å²) >= 11 is 5.34. The fourth-order valence-electron chi connectivity index (χ4n) is 4.19. The van der Waals surface area contributed by atoms with Crippen molar-refractivity contribution in [2.24, 2.45) is 0 Å². The van der Waals surface area contributed by atoms with Crippen LogP contribution in [0.2, 0.25) is 0 Å². The molecular formula is C24H29N5O3S2. The van der Waals surface area contributed by atoms with Crippen LogP contribution in [0.1, 0.15) is 36.8 Å². The highest BCUT2D eigenvalue weighted by Crippen LogP contribution is 2.26. The number of carbonyl (C=O) groups excluding carboxylic acids is 1. The molecule has 0 atom stereocenters. The van der Waals surface area contributed by atoms with E-state index < -0.39 is 10.0 Å². The van der Waals surface area contributed by atoms with E-state index in [1.807, 2.05) is 31.2 Å². The van der Waals surface area contributed by atoms with Gasteiger partial charge in [0, 0.05) is 24.3 Å². The summed E-state index contributed by atoms with van der Waals surface area (Å²) in [6, 6.07) is 12.8. The van der Waals surface area contributed by atoms with Gasteiger partial charge in [0.2, 0.25) is 15.9 Å². The smallest absolute Gasteiger partial charge is 0.244 e. The van der Waals surface area contributed by atoms with Crippen molar-refractivity contribution in [3.05, 3.63) is 58.4 Å². The van der Waals surface area contributed by atoms with Crippen molar-refractivity contribution in [3.63, 3.8) is 0 Å². The molecule has 10 heteroatoms. The molecule has 3 aromatic rings. The monoisotopic (exact) mass is 499 g/mol. The van der Waals surface area contributed by atoms with Crippen LogP contribution < -0.4 is 5.32 Å². The average molecular weight is 500 g/mol. The summed E-state index contributed by atoms with van der Waals surface area (Å²) in [4.78, 5) is 13.1. The summed E-state index contributed by atoms with van der Waals surface area (Å²) < 4.78 is 30.1. The zero-order chi connectivity index (χ0) is 24.3. The molecule has 8 nitrogen and oxygen atoms in total. The molecule has 0 unspecified atom stereocenters. The largest absolute Gasteiger partial charge is 0.324 e. The number of benzene rings is 2. The second-order valence-electron chi connectivity index (χ2n) is 8.65. The van der Waals surface area contributed by atoms with Gasteiger partial charge in [-0.15, -0.1) is 0 Å². The van der Waals surface area contributed by atoms with Crippen molar-refractivity contribution in [1.82, 2.24) is 19.1 Å². The lowest BCUT2D eigenvalue weighted by Crippen LogP contribution is -2.32. The molecule has 2 aromatic carbocycles. The minimum atomic E-state index is -3.63. The molecule has 2 heterocycles. The maximum atomic E-state index is 13.3. The first-order valence-corrected chi connectivity index (χ1v) is 13.2. The van der Waals surface area contributed by atoms with E-state index in [4.69, 9.17) is 12.2 Å². The normalized spacial score (nSPS) is 15.1. The highest BCUT2D eigenvalue weighted by molar-refractivity contribution is 7.89. The van der Waals surface area contributed by atoms with Crippen LogP contribution in [0.5, 0.6) is 0 Å².